The van der Waals surface area contributed by atoms with Gasteiger partial charge < -0.3 is 10.4 Å². The summed E-state index contributed by atoms with van der Waals surface area (Å²) in [6, 6.07) is 42.8. The molecule has 0 unspecified atom stereocenters. The van der Waals surface area contributed by atoms with Crippen LogP contribution in [0.25, 0.3) is 50.5 Å². The zero-order chi connectivity index (χ0) is 34.7. The Morgan fingerprint density at radius 1 is 0.765 bits per heavy atom. The van der Waals surface area contributed by atoms with E-state index in [2.05, 4.69) is 50.9 Å². The Morgan fingerprint density at radius 3 is 2.20 bits per heavy atom. The van der Waals surface area contributed by atoms with Gasteiger partial charge in [-0.15, -0.1) is 5.10 Å². The molecule has 8 rings (SSSR count). The molecule has 8 aromatic rings. The first-order valence-corrected chi connectivity index (χ1v) is 16.1. The molecule has 0 aliphatic rings. The van der Waals surface area contributed by atoms with E-state index in [1.807, 2.05) is 94.3 Å². The number of carbonyl (C=O) groups is 1. The quantitative estimate of drug-likeness (QED) is 0.157. The monoisotopic (exact) mass is 664 g/mol. The Kier molecular flexibility index (Phi) is 8.04. The average molecular weight is 665 g/mol. The Morgan fingerprint density at radius 2 is 1.49 bits per heavy atom. The molecule has 2 N–H and O–H groups in total. The standard InChI is InChI=1S/C41H28N8O2/c42-23-28-8-19-36(43-24-28)30-9-6-27(7-10-30)25-48-26-37(46-47-48)31-11-13-32(14-12-31)39-40(44-35-17-15-33(16-18-35)41(50)51)49-21-20-34(22-38(49)45-39)29-4-2-1-3-5-29/h1-22,24,26,44H,25H2,(H,50,51). The molecule has 10 heteroatoms. The van der Waals surface area contributed by atoms with Crippen molar-refractivity contribution in [1.82, 2.24) is 29.4 Å². The topological polar surface area (TPSA) is 134 Å². The largest absolute Gasteiger partial charge is 0.478 e. The highest BCUT2D eigenvalue weighted by Crippen LogP contribution is 2.34. The molecule has 0 aliphatic carbocycles. The number of imidazole rings is 1. The van der Waals surface area contributed by atoms with Gasteiger partial charge in [-0.25, -0.2) is 14.5 Å². The number of rotatable bonds is 9. The molecule has 0 amide bonds. The maximum absolute atomic E-state index is 11.4. The van der Waals surface area contributed by atoms with Crippen molar-refractivity contribution < 1.29 is 9.90 Å². The number of carboxylic acids is 1. The van der Waals surface area contributed by atoms with Crippen LogP contribution >= 0.6 is 0 Å². The lowest BCUT2D eigenvalue weighted by molar-refractivity contribution is 0.0697. The Balaban J connectivity index is 1.05. The summed E-state index contributed by atoms with van der Waals surface area (Å²) in [6.07, 6.45) is 5.49. The molecule has 10 nitrogen and oxygen atoms in total. The number of nitriles is 1. The maximum Gasteiger partial charge on any atom is 0.335 e. The summed E-state index contributed by atoms with van der Waals surface area (Å²) >= 11 is 0. The van der Waals surface area contributed by atoms with Crippen molar-refractivity contribution in [3.63, 3.8) is 0 Å². The second-order valence-corrected chi connectivity index (χ2v) is 11.9. The van der Waals surface area contributed by atoms with Gasteiger partial charge in [0.05, 0.1) is 29.6 Å². The van der Waals surface area contributed by atoms with Crippen LogP contribution < -0.4 is 5.32 Å². The number of benzene rings is 4. The van der Waals surface area contributed by atoms with Gasteiger partial charge in [0.2, 0.25) is 0 Å². The van der Waals surface area contributed by atoms with E-state index >= 15 is 0 Å². The fraction of sp³-hybridized carbons (Fsp3) is 0.0244. The van der Waals surface area contributed by atoms with Gasteiger partial charge in [0.1, 0.15) is 28.9 Å². The molecule has 0 radical (unpaired) electrons. The lowest BCUT2D eigenvalue weighted by Crippen LogP contribution is -2.00. The van der Waals surface area contributed by atoms with E-state index in [9.17, 15) is 9.90 Å². The SMILES string of the molecule is N#Cc1ccc(-c2ccc(Cn3cc(-c4ccc(-c5nc6cc(-c7ccccc7)ccn6c5Nc5ccc(C(=O)O)cc5)cc4)nn3)cc2)nc1. The number of carboxylic acid groups (broad SMARTS) is 1. The van der Waals surface area contributed by atoms with Crippen molar-refractivity contribution >= 4 is 23.1 Å². The zero-order valence-electron chi connectivity index (χ0n) is 27.0. The van der Waals surface area contributed by atoms with E-state index in [-0.39, 0.29) is 5.56 Å². The molecule has 0 aliphatic heterocycles. The second-order valence-electron chi connectivity index (χ2n) is 11.9. The van der Waals surface area contributed by atoms with Crippen molar-refractivity contribution in [1.29, 1.82) is 5.26 Å². The number of hydrogen-bond acceptors (Lipinski definition) is 7. The summed E-state index contributed by atoms with van der Waals surface area (Å²) in [5.74, 6) is -0.217. The first kappa shape index (κ1) is 30.9. The van der Waals surface area contributed by atoms with Gasteiger partial charge in [-0.2, -0.15) is 5.26 Å². The zero-order valence-corrected chi connectivity index (χ0v) is 27.0. The molecular weight excluding hydrogens is 637 g/mol. The summed E-state index contributed by atoms with van der Waals surface area (Å²) in [5.41, 5.74) is 10.6. The maximum atomic E-state index is 11.4. The molecule has 0 fully saturated rings. The third-order valence-electron chi connectivity index (χ3n) is 8.61. The summed E-state index contributed by atoms with van der Waals surface area (Å²) in [7, 11) is 0. The normalized spacial score (nSPS) is 11.0. The second kappa shape index (κ2) is 13.3. The molecule has 0 atom stereocenters. The number of nitrogens with one attached hydrogen (secondary N) is 1. The fourth-order valence-electron chi connectivity index (χ4n) is 5.91. The molecule has 0 bridgehead atoms. The molecule has 244 valence electrons. The van der Waals surface area contributed by atoms with Crippen LogP contribution in [0, 0.1) is 11.3 Å². The van der Waals surface area contributed by atoms with Crippen LogP contribution in [0.15, 0.2) is 146 Å². The van der Waals surface area contributed by atoms with Crippen LogP contribution in [-0.4, -0.2) is 40.4 Å². The predicted octanol–water partition coefficient (Wildman–Crippen LogP) is 8.35. The number of hydrogen-bond donors (Lipinski definition) is 2. The van der Waals surface area contributed by atoms with Crippen molar-refractivity contribution in [2.75, 3.05) is 5.32 Å². The van der Waals surface area contributed by atoms with Crippen LogP contribution in [0.3, 0.4) is 0 Å². The highest BCUT2D eigenvalue weighted by Gasteiger charge is 2.17. The lowest BCUT2D eigenvalue weighted by Gasteiger charge is -2.10. The smallest absolute Gasteiger partial charge is 0.335 e. The third kappa shape index (κ3) is 6.42. The van der Waals surface area contributed by atoms with Gasteiger partial charge in [0.25, 0.3) is 0 Å². The molecule has 0 saturated heterocycles. The number of fused-ring (bicyclic) bond motifs is 1. The number of pyridine rings is 2. The molecule has 51 heavy (non-hydrogen) atoms. The van der Waals surface area contributed by atoms with E-state index in [1.165, 1.54) is 0 Å². The van der Waals surface area contributed by atoms with Gasteiger partial charge in [0, 0.05) is 34.8 Å². The Bertz CT molecular complexity index is 2530. The van der Waals surface area contributed by atoms with Crippen LogP contribution in [0.1, 0.15) is 21.5 Å². The average Bonchev–Trinajstić information content (AvgIpc) is 3.80. The number of aromatic nitrogens is 6. The minimum atomic E-state index is -0.974. The number of aromatic carboxylic acids is 1. The van der Waals surface area contributed by atoms with Crippen molar-refractivity contribution in [3.05, 3.63) is 163 Å². The molecule has 0 saturated carbocycles. The van der Waals surface area contributed by atoms with E-state index in [0.29, 0.717) is 12.1 Å². The molecule has 0 spiro atoms. The summed E-state index contributed by atoms with van der Waals surface area (Å²) in [4.78, 5) is 20.9. The third-order valence-corrected chi connectivity index (χ3v) is 8.61. The van der Waals surface area contributed by atoms with Crippen LogP contribution in [0.2, 0.25) is 0 Å². The van der Waals surface area contributed by atoms with Gasteiger partial charge in [-0.05, 0) is 65.2 Å². The minimum Gasteiger partial charge on any atom is -0.478 e. The van der Waals surface area contributed by atoms with E-state index in [0.717, 1.165) is 67.6 Å². The Hall–Kier alpha value is -7.38. The highest BCUT2D eigenvalue weighted by atomic mass is 16.4. The van der Waals surface area contributed by atoms with E-state index in [4.69, 9.17) is 10.2 Å². The fourth-order valence-corrected chi connectivity index (χ4v) is 5.91. The Labute approximate surface area is 292 Å². The lowest BCUT2D eigenvalue weighted by atomic mass is 10.1. The van der Waals surface area contributed by atoms with Crippen LogP contribution in [0.4, 0.5) is 11.5 Å². The minimum absolute atomic E-state index is 0.217. The van der Waals surface area contributed by atoms with Gasteiger partial charge in [0.15, 0.2) is 0 Å². The first-order valence-electron chi connectivity index (χ1n) is 16.1. The number of nitrogens with zero attached hydrogens (tertiary/aromatic N) is 7. The molecule has 4 heterocycles. The van der Waals surface area contributed by atoms with Crippen molar-refractivity contribution in [3.8, 4) is 51.0 Å². The summed E-state index contributed by atoms with van der Waals surface area (Å²) < 4.78 is 3.81. The molecular formula is C41H28N8O2. The molecule has 4 aromatic heterocycles. The molecule has 4 aromatic carbocycles. The summed E-state index contributed by atoms with van der Waals surface area (Å²) in [5, 5.41) is 30.7. The highest BCUT2D eigenvalue weighted by molar-refractivity contribution is 5.88. The first-order chi connectivity index (χ1) is 25.0. The number of anilines is 2. The van der Waals surface area contributed by atoms with Gasteiger partial charge >= 0.3 is 5.97 Å². The van der Waals surface area contributed by atoms with E-state index in [1.54, 1.807) is 36.5 Å². The van der Waals surface area contributed by atoms with Crippen molar-refractivity contribution in [2.24, 2.45) is 0 Å². The van der Waals surface area contributed by atoms with Gasteiger partial charge in [-0.1, -0.05) is 84.1 Å². The van der Waals surface area contributed by atoms with Crippen LogP contribution in [0.5, 0.6) is 0 Å². The predicted molar refractivity (Wildman–Crippen MR) is 195 cm³/mol. The van der Waals surface area contributed by atoms with Crippen LogP contribution in [-0.2, 0) is 6.54 Å². The van der Waals surface area contributed by atoms with Gasteiger partial charge in [-0.3, -0.25) is 9.38 Å². The van der Waals surface area contributed by atoms with Crippen molar-refractivity contribution in [2.45, 2.75) is 6.54 Å². The summed E-state index contributed by atoms with van der Waals surface area (Å²) in [6.45, 7) is 0.556. The van der Waals surface area contributed by atoms with E-state index < -0.39 is 5.97 Å².